The molecule has 0 aromatic carbocycles. The van der Waals surface area contributed by atoms with E-state index in [4.69, 9.17) is 17.3 Å². The van der Waals surface area contributed by atoms with E-state index in [-0.39, 0.29) is 17.6 Å². The summed E-state index contributed by atoms with van der Waals surface area (Å²) in [4.78, 5) is 11.0. The number of carbonyl (C=O) groups excluding carboxylic acids is 1. The molecule has 0 aliphatic carbocycles. The molecule has 7 heteroatoms. The molecule has 0 bridgehead atoms. The number of primary amides is 1. The maximum Gasteiger partial charge on any atom is 0.235 e. The lowest BCUT2D eigenvalue weighted by atomic mass is 10.1. The van der Waals surface area contributed by atoms with Gasteiger partial charge in [-0.05, 0) is 12.3 Å². The Morgan fingerprint density at radius 3 is 2.33 bits per heavy atom. The van der Waals surface area contributed by atoms with Crippen molar-refractivity contribution in [3.63, 3.8) is 0 Å². The number of rotatable bonds is 7. The van der Waals surface area contributed by atoms with E-state index in [0.29, 0.717) is 6.42 Å². The van der Waals surface area contributed by atoms with Crippen LogP contribution < -0.4 is 10.5 Å². The highest BCUT2D eigenvalue weighted by Gasteiger charge is 2.24. The van der Waals surface area contributed by atoms with Gasteiger partial charge in [0.2, 0.25) is 15.9 Å². The smallest absolute Gasteiger partial charge is 0.235 e. The number of halogens is 1. The van der Waals surface area contributed by atoms with Crippen molar-refractivity contribution in [2.75, 3.05) is 11.6 Å². The lowest BCUT2D eigenvalue weighted by molar-refractivity contribution is -0.120. The van der Waals surface area contributed by atoms with Crippen LogP contribution in [0.25, 0.3) is 0 Å². The third-order valence-electron chi connectivity index (χ3n) is 1.83. The van der Waals surface area contributed by atoms with Gasteiger partial charge in [0.05, 0.1) is 5.75 Å². The average Bonchev–Trinajstić information content (AvgIpc) is 2.10. The first-order chi connectivity index (χ1) is 6.80. The summed E-state index contributed by atoms with van der Waals surface area (Å²) in [6.45, 7) is 3.44. The van der Waals surface area contributed by atoms with Gasteiger partial charge in [-0.25, -0.2) is 13.1 Å². The standard InChI is InChI=1S/C8H17ClN2O3S/c1-6(2)7(8(10)12)11-15(13,14)5-3-4-9/h6-7,11H,3-5H2,1-2H3,(H2,10,12). The zero-order valence-corrected chi connectivity index (χ0v) is 10.4. The van der Waals surface area contributed by atoms with E-state index in [1.54, 1.807) is 13.8 Å². The molecule has 1 atom stereocenters. The number of hydrogen-bond acceptors (Lipinski definition) is 3. The molecule has 0 rings (SSSR count). The van der Waals surface area contributed by atoms with E-state index in [1.165, 1.54) is 0 Å². The topological polar surface area (TPSA) is 89.3 Å². The van der Waals surface area contributed by atoms with E-state index in [1.807, 2.05) is 0 Å². The molecular weight excluding hydrogens is 240 g/mol. The first-order valence-electron chi connectivity index (χ1n) is 4.65. The summed E-state index contributed by atoms with van der Waals surface area (Å²) in [5.41, 5.74) is 5.08. The first kappa shape index (κ1) is 14.7. The Labute approximate surface area is 95.4 Å². The minimum Gasteiger partial charge on any atom is -0.368 e. The van der Waals surface area contributed by atoms with Gasteiger partial charge in [-0.1, -0.05) is 13.8 Å². The number of sulfonamides is 1. The summed E-state index contributed by atoms with van der Waals surface area (Å²) in [6, 6.07) is -0.856. The molecular formula is C8H17ClN2O3S. The van der Waals surface area contributed by atoms with Gasteiger partial charge in [0, 0.05) is 5.88 Å². The van der Waals surface area contributed by atoms with Crippen LogP contribution in [0.3, 0.4) is 0 Å². The lowest BCUT2D eigenvalue weighted by Gasteiger charge is -2.18. The number of alkyl halides is 1. The molecule has 0 spiro atoms. The van der Waals surface area contributed by atoms with Crippen LogP contribution in [0.2, 0.25) is 0 Å². The first-order valence-corrected chi connectivity index (χ1v) is 6.84. The van der Waals surface area contributed by atoms with E-state index in [9.17, 15) is 13.2 Å². The quantitative estimate of drug-likeness (QED) is 0.631. The summed E-state index contributed by atoms with van der Waals surface area (Å²) in [5.74, 6) is -0.663. The van der Waals surface area contributed by atoms with Crippen molar-refractivity contribution >= 4 is 27.5 Å². The molecule has 0 aromatic rings. The third kappa shape index (κ3) is 5.96. The van der Waals surface area contributed by atoms with Gasteiger partial charge < -0.3 is 5.73 Å². The Bertz CT molecular complexity index is 303. The van der Waals surface area contributed by atoms with Crippen LogP contribution in [0.4, 0.5) is 0 Å². The molecule has 90 valence electrons. The molecule has 0 radical (unpaired) electrons. The minimum atomic E-state index is -3.47. The molecule has 0 saturated carbocycles. The van der Waals surface area contributed by atoms with Gasteiger partial charge in [-0.3, -0.25) is 4.79 Å². The highest BCUT2D eigenvalue weighted by molar-refractivity contribution is 7.89. The predicted octanol–water partition coefficient (Wildman–Crippen LogP) is 0.0446. The Hall–Kier alpha value is -0.330. The lowest BCUT2D eigenvalue weighted by Crippen LogP contribution is -2.48. The van der Waals surface area contributed by atoms with Crippen LogP contribution in [0.15, 0.2) is 0 Å². The fourth-order valence-electron chi connectivity index (χ4n) is 1.02. The molecule has 3 N–H and O–H groups in total. The highest BCUT2D eigenvalue weighted by Crippen LogP contribution is 2.03. The summed E-state index contributed by atoms with van der Waals surface area (Å²) >= 11 is 5.39. The normalized spacial score (nSPS) is 14.1. The maximum absolute atomic E-state index is 11.4. The number of nitrogens with one attached hydrogen (secondary N) is 1. The summed E-state index contributed by atoms with van der Waals surface area (Å²) in [7, 11) is -3.47. The zero-order valence-electron chi connectivity index (χ0n) is 8.86. The third-order valence-corrected chi connectivity index (χ3v) is 3.53. The Morgan fingerprint density at radius 1 is 1.47 bits per heavy atom. The fraction of sp³-hybridized carbons (Fsp3) is 0.875. The largest absolute Gasteiger partial charge is 0.368 e. The second kappa shape index (κ2) is 6.30. The van der Waals surface area contributed by atoms with Gasteiger partial charge in [0.15, 0.2) is 0 Å². The Kier molecular flexibility index (Phi) is 6.16. The van der Waals surface area contributed by atoms with Crippen molar-refractivity contribution in [3.05, 3.63) is 0 Å². The second-order valence-corrected chi connectivity index (χ2v) is 5.85. The molecule has 0 aliphatic heterocycles. The molecule has 1 amide bonds. The van der Waals surface area contributed by atoms with Gasteiger partial charge in [-0.15, -0.1) is 11.6 Å². The molecule has 15 heavy (non-hydrogen) atoms. The van der Waals surface area contributed by atoms with Crippen molar-refractivity contribution in [1.29, 1.82) is 0 Å². The molecule has 0 aromatic heterocycles. The minimum absolute atomic E-state index is 0.0903. The zero-order chi connectivity index (χ0) is 12.1. The number of carbonyl (C=O) groups is 1. The van der Waals surface area contributed by atoms with Gasteiger partial charge in [0.1, 0.15) is 6.04 Å². The fourth-order valence-corrected chi connectivity index (χ4v) is 2.73. The van der Waals surface area contributed by atoms with Crippen molar-refractivity contribution in [1.82, 2.24) is 4.72 Å². The van der Waals surface area contributed by atoms with Crippen LogP contribution in [0, 0.1) is 5.92 Å². The highest BCUT2D eigenvalue weighted by atomic mass is 35.5. The molecule has 0 heterocycles. The van der Waals surface area contributed by atoms with Crippen LogP contribution in [-0.2, 0) is 14.8 Å². The number of hydrogen-bond donors (Lipinski definition) is 2. The van der Waals surface area contributed by atoms with Crippen LogP contribution in [0.1, 0.15) is 20.3 Å². The van der Waals surface area contributed by atoms with E-state index >= 15 is 0 Å². The number of nitrogens with two attached hydrogens (primary N) is 1. The summed E-state index contributed by atoms with van der Waals surface area (Å²) in [5, 5.41) is 0. The van der Waals surface area contributed by atoms with E-state index in [2.05, 4.69) is 4.72 Å². The SMILES string of the molecule is CC(C)C(NS(=O)(=O)CCCCl)C(N)=O. The Balaban J connectivity index is 4.46. The van der Waals surface area contributed by atoms with Crippen molar-refractivity contribution in [3.8, 4) is 0 Å². The van der Waals surface area contributed by atoms with Crippen molar-refractivity contribution in [2.24, 2.45) is 11.7 Å². The monoisotopic (exact) mass is 256 g/mol. The van der Waals surface area contributed by atoms with Crippen molar-refractivity contribution < 1.29 is 13.2 Å². The summed E-state index contributed by atoms with van der Waals surface area (Å²) in [6.07, 6.45) is 0.348. The molecule has 5 nitrogen and oxygen atoms in total. The Morgan fingerprint density at radius 2 is 2.00 bits per heavy atom. The van der Waals surface area contributed by atoms with Gasteiger partial charge in [0.25, 0.3) is 0 Å². The van der Waals surface area contributed by atoms with Gasteiger partial charge in [-0.2, -0.15) is 0 Å². The van der Waals surface area contributed by atoms with Gasteiger partial charge >= 0.3 is 0 Å². The molecule has 0 fully saturated rings. The van der Waals surface area contributed by atoms with Crippen LogP contribution in [-0.4, -0.2) is 32.0 Å². The molecule has 0 aliphatic rings. The van der Waals surface area contributed by atoms with E-state index in [0.717, 1.165) is 0 Å². The predicted molar refractivity (Wildman–Crippen MR) is 60.1 cm³/mol. The summed E-state index contributed by atoms with van der Waals surface area (Å²) < 4.78 is 25.1. The average molecular weight is 257 g/mol. The molecule has 1 unspecified atom stereocenters. The second-order valence-electron chi connectivity index (χ2n) is 3.60. The van der Waals surface area contributed by atoms with Crippen LogP contribution in [0.5, 0.6) is 0 Å². The van der Waals surface area contributed by atoms with Crippen molar-refractivity contribution in [2.45, 2.75) is 26.3 Å². The number of amides is 1. The van der Waals surface area contributed by atoms with E-state index < -0.39 is 22.0 Å². The maximum atomic E-state index is 11.4. The van der Waals surface area contributed by atoms with Crippen LogP contribution >= 0.6 is 11.6 Å². The molecule has 0 saturated heterocycles.